The third-order valence-corrected chi connectivity index (χ3v) is 5.09. The normalized spacial score (nSPS) is 24.3. The van der Waals surface area contributed by atoms with Gasteiger partial charge in [-0.15, -0.1) is 0 Å². The fraction of sp³-hybridized carbons (Fsp3) is 1.00. The Hall–Kier alpha value is -0.0800. The van der Waals surface area contributed by atoms with Gasteiger partial charge in [0.1, 0.15) is 0 Å². The lowest BCUT2D eigenvalue weighted by Gasteiger charge is -2.57. The van der Waals surface area contributed by atoms with E-state index < -0.39 is 0 Å². The van der Waals surface area contributed by atoms with Gasteiger partial charge in [0.05, 0.1) is 0 Å². The average Bonchev–Trinajstić information content (AvgIpc) is 2.65. The molecule has 118 valence electrons. The standard InChI is InChI=1S/C18H36N2/c1-16(2,3)10-7-8-12-19-14-18(15-19)11-9-13-20(18)17(4,5)6/h7-15H2,1-6H3. The smallest absolute Gasteiger partial charge is 0.0468 e. The van der Waals surface area contributed by atoms with Crippen molar-refractivity contribution < 1.29 is 0 Å². The molecular formula is C18H36N2. The van der Waals surface area contributed by atoms with Gasteiger partial charge in [-0.3, -0.25) is 9.80 Å². The Bertz CT molecular complexity index is 315. The largest absolute Gasteiger partial charge is 0.300 e. The summed E-state index contributed by atoms with van der Waals surface area (Å²) in [5.41, 5.74) is 1.38. The van der Waals surface area contributed by atoms with Crippen molar-refractivity contribution in [3.8, 4) is 0 Å². The van der Waals surface area contributed by atoms with Crippen molar-refractivity contribution >= 4 is 0 Å². The van der Waals surface area contributed by atoms with Gasteiger partial charge in [-0.2, -0.15) is 0 Å². The van der Waals surface area contributed by atoms with Crippen molar-refractivity contribution in [1.29, 1.82) is 0 Å². The highest BCUT2D eigenvalue weighted by Gasteiger charge is 2.52. The molecule has 0 N–H and O–H groups in total. The fourth-order valence-corrected chi connectivity index (χ4v) is 4.25. The van der Waals surface area contributed by atoms with E-state index in [-0.39, 0.29) is 0 Å². The summed E-state index contributed by atoms with van der Waals surface area (Å²) in [7, 11) is 0. The predicted octanol–water partition coefficient (Wildman–Crippen LogP) is 4.15. The van der Waals surface area contributed by atoms with Crippen molar-refractivity contribution in [1.82, 2.24) is 9.80 Å². The van der Waals surface area contributed by atoms with Gasteiger partial charge >= 0.3 is 0 Å². The van der Waals surface area contributed by atoms with Crippen molar-refractivity contribution in [2.75, 3.05) is 26.2 Å². The molecule has 0 aromatic carbocycles. The maximum atomic E-state index is 2.78. The van der Waals surface area contributed by atoms with Crippen LogP contribution >= 0.6 is 0 Å². The number of likely N-dealkylation sites (tertiary alicyclic amines) is 2. The van der Waals surface area contributed by atoms with Crippen LogP contribution in [0.4, 0.5) is 0 Å². The molecule has 0 amide bonds. The minimum atomic E-state index is 0.342. The first-order chi connectivity index (χ1) is 9.12. The first-order valence-electron chi connectivity index (χ1n) is 8.63. The molecule has 20 heavy (non-hydrogen) atoms. The minimum Gasteiger partial charge on any atom is -0.300 e. The van der Waals surface area contributed by atoms with Gasteiger partial charge in [-0.25, -0.2) is 0 Å². The van der Waals surface area contributed by atoms with Gasteiger partial charge in [-0.1, -0.05) is 27.2 Å². The van der Waals surface area contributed by atoms with E-state index in [9.17, 15) is 0 Å². The highest BCUT2D eigenvalue weighted by Crippen LogP contribution is 2.41. The van der Waals surface area contributed by atoms with E-state index in [0.29, 0.717) is 16.5 Å². The Morgan fingerprint density at radius 3 is 2.15 bits per heavy atom. The van der Waals surface area contributed by atoms with Crippen LogP contribution in [0.3, 0.4) is 0 Å². The van der Waals surface area contributed by atoms with E-state index in [4.69, 9.17) is 0 Å². The Morgan fingerprint density at radius 1 is 0.950 bits per heavy atom. The van der Waals surface area contributed by atoms with Crippen molar-refractivity contribution in [2.24, 2.45) is 5.41 Å². The Kier molecular flexibility index (Phi) is 4.57. The van der Waals surface area contributed by atoms with Crippen LogP contribution in [-0.2, 0) is 0 Å². The topological polar surface area (TPSA) is 6.48 Å². The number of hydrogen-bond acceptors (Lipinski definition) is 2. The van der Waals surface area contributed by atoms with Crippen LogP contribution in [0.25, 0.3) is 0 Å². The van der Waals surface area contributed by atoms with E-state index in [1.54, 1.807) is 0 Å². The maximum absolute atomic E-state index is 2.78. The molecule has 0 radical (unpaired) electrons. The summed E-state index contributed by atoms with van der Waals surface area (Å²) in [5, 5.41) is 0. The molecule has 2 nitrogen and oxygen atoms in total. The summed E-state index contributed by atoms with van der Waals surface area (Å²) in [4.78, 5) is 5.47. The summed E-state index contributed by atoms with van der Waals surface area (Å²) in [6.07, 6.45) is 6.94. The molecule has 0 saturated carbocycles. The molecular weight excluding hydrogens is 244 g/mol. The lowest BCUT2D eigenvalue weighted by molar-refractivity contribution is -0.0695. The number of nitrogens with zero attached hydrogens (tertiary/aromatic N) is 2. The zero-order chi connectivity index (χ0) is 15.0. The fourth-order valence-electron chi connectivity index (χ4n) is 4.25. The van der Waals surface area contributed by atoms with Gasteiger partial charge < -0.3 is 0 Å². The molecule has 0 atom stereocenters. The molecule has 0 unspecified atom stereocenters. The summed E-state index contributed by atoms with van der Waals surface area (Å²) in [6, 6.07) is 0. The Labute approximate surface area is 126 Å². The van der Waals surface area contributed by atoms with E-state index >= 15 is 0 Å². The zero-order valence-electron chi connectivity index (χ0n) is 14.8. The monoisotopic (exact) mass is 280 g/mol. The highest BCUT2D eigenvalue weighted by molar-refractivity contribution is 5.10. The second kappa shape index (κ2) is 5.61. The average molecular weight is 280 g/mol. The second-order valence-electron chi connectivity index (χ2n) is 9.38. The molecule has 0 bridgehead atoms. The van der Waals surface area contributed by atoms with Gasteiger partial charge in [-0.05, 0) is 65.0 Å². The molecule has 0 aliphatic carbocycles. The van der Waals surface area contributed by atoms with Gasteiger partial charge in [0.2, 0.25) is 0 Å². The molecule has 2 fully saturated rings. The van der Waals surface area contributed by atoms with Crippen LogP contribution < -0.4 is 0 Å². The number of hydrogen-bond donors (Lipinski definition) is 0. The first kappa shape index (κ1) is 16.3. The third kappa shape index (κ3) is 3.76. The molecule has 2 saturated heterocycles. The van der Waals surface area contributed by atoms with Crippen LogP contribution in [-0.4, -0.2) is 47.1 Å². The van der Waals surface area contributed by atoms with Gasteiger partial charge in [0, 0.05) is 24.2 Å². The predicted molar refractivity (Wildman–Crippen MR) is 88.2 cm³/mol. The van der Waals surface area contributed by atoms with Crippen molar-refractivity contribution in [3.63, 3.8) is 0 Å². The molecule has 0 aromatic rings. The molecule has 2 aliphatic heterocycles. The van der Waals surface area contributed by atoms with Crippen molar-refractivity contribution in [2.45, 2.75) is 84.7 Å². The quantitative estimate of drug-likeness (QED) is 0.714. The summed E-state index contributed by atoms with van der Waals surface area (Å²) >= 11 is 0. The van der Waals surface area contributed by atoms with E-state index in [1.807, 2.05) is 0 Å². The van der Waals surface area contributed by atoms with Crippen molar-refractivity contribution in [3.05, 3.63) is 0 Å². The molecule has 1 spiro atoms. The summed E-state index contributed by atoms with van der Waals surface area (Å²) < 4.78 is 0. The lowest BCUT2D eigenvalue weighted by Crippen LogP contribution is -2.70. The Balaban J connectivity index is 1.71. The maximum Gasteiger partial charge on any atom is 0.0468 e. The van der Waals surface area contributed by atoms with E-state index in [2.05, 4.69) is 51.3 Å². The third-order valence-electron chi connectivity index (χ3n) is 5.09. The molecule has 2 aliphatic rings. The van der Waals surface area contributed by atoms with Crippen LogP contribution in [0.1, 0.15) is 73.6 Å². The van der Waals surface area contributed by atoms with Crippen LogP contribution in [0.5, 0.6) is 0 Å². The van der Waals surface area contributed by atoms with Gasteiger partial charge in [0.25, 0.3) is 0 Å². The minimum absolute atomic E-state index is 0.342. The van der Waals surface area contributed by atoms with E-state index in [1.165, 1.54) is 58.3 Å². The van der Waals surface area contributed by atoms with Crippen LogP contribution in [0, 0.1) is 5.41 Å². The summed E-state index contributed by atoms with van der Waals surface area (Å²) in [6.45, 7) is 19.5. The first-order valence-corrected chi connectivity index (χ1v) is 8.63. The molecule has 2 heteroatoms. The highest BCUT2D eigenvalue weighted by atomic mass is 15.4. The molecule has 2 rings (SSSR count). The van der Waals surface area contributed by atoms with Crippen LogP contribution in [0.15, 0.2) is 0 Å². The number of rotatable bonds is 4. The number of unbranched alkanes of at least 4 members (excludes halogenated alkanes) is 1. The summed E-state index contributed by atoms with van der Waals surface area (Å²) in [5.74, 6) is 0. The van der Waals surface area contributed by atoms with Gasteiger partial charge in [0.15, 0.2) is 0 Å². The van der Waals surface area contributed by atoms with E-state index in [0.717, 1.165) is 0 Å². The molecule has 0 aromatic heterocycles. The molecule has 2 heterocycles. The second-order valence-corrected chi connectivity index (χ2v) is 9.38. The Morgan fingerprint density at radius 2 is 1.60 bits per heavy atom. The van der Waals surface area contributed by atoms with Crippen LogP contribution in [0.2, 0.25) is 0 Å². The zero-order valence-corrected chi connectivity index (χ0v) is 14.8. The lowest BCUT2D eigenvalue weighted by atomic mass is 9.83. The SMILES string of the molecule is CC(C)(C)CCCCN1CC2(CCCN2C(C)(C)C)C1.